The van der Waals surface area contributed by atoms with Gasteiger partial charge in [-0.15, -0.1) is 0 Å². The molecule has 156 valence electrons. The number of nitrogens with zero attached hydrogens (tertiary/aromatic N) is 1. The number of nitrogens with one attached hydrogen (secondary N) is 1. The number of rotatable bonds is 7. The molecule has 2 fully saturated rings. The summed E-state index contributed by atoms with van der Waals surface area (Å²) in [4.78, 5) is 50.5. The van der Waals surface area contributed by atoms with E-state index in [2.05, 4.69) is 5.32 Å². The van der Waals surface area contributed by atoms with Crippen molar-refractivity contribution in [3.63, 3.8) is 0 Å². The van der Waals surface area contributed by atoms with Crippen LogP contribution in [0, 0.1) is 11.8 Å². The molecule has 1 aromatic rings. The number of imide groups is 1. The summed E-state index contributed by atoms with van der Waals surface area (Å²) in [5.74, 6) is -1.49. The van der Waals surface area contributed by atoms with Crippen LogP contribution in [0.4, 0.5) is 5.69 Å². The van der Waals surface area contributed by atoms with Crippen LogP contribution in [0.5, 0.6) is 5.75 Å². The number of amides is 3. The average Bonchev–Trinajstić information content (AvgIpc) is 2.97. The Balaban J connectivity index is 1.49. The number of benzene rings is 1. The lowest BCUT2D eigenvalue weighted by Crippen LogP contribution is -2.35. The second kappa shape index (κ2) is 9.07. The molecule has 0 aromatic heterocycles. The lowest BCUT2D eigenvalue weighted by Gasteiger charge is -2.19. The van der Waals surface area contributed by atoms with Crippen LogP contribution in [-0.4, -0.2) is 48.3 Å². The van der Waals surface area contributed by atoms with Crippen LogP contribution < -0.4 is 10.1 Å². The second-order valence-electron chi connectivity index (χ2n) is 7.40. The van der Waals surface area contributed by atoms with Crippen LogP contribution in [0.3, 0.4) is 0 Å². The summed E-state index contributed by atoms with van der Waals surface area (Å²) in [6.45, 7) is 1.45. The number of para-hydroxylation sites is 2. The molecular weight excluding hydrogens is 376 g/mol. The van der Waals surface area contributed by atoms with Gasteiger partial charge in [0.25, 0.3) is 5.91 Å². The molecule has 2 aliphatic rings. The summed E-state index contributed by atoms with van der Waals surface area (Å²) in [6, 6.07) is 6.90. The van der Waals surface area contributed by atoms with Crippen molar-refractivity contribution in [1.29, 1.82) is 0 Å². The Kier molecular flexibility index (Phi) is 6.51. The summed E-state index contributed by atoms with van der Waals surface area (Å²) in [5.41, 5.74) is 0.471. The number of anilines is 1. The maximum atomic E-state index is 12.4. The molecular formula is C21H26N2O6. The fraction of sp³-hybridized carbons (Fsp3) is 0.524. The molecule has 3 rings (SSSR count). The number of fused-ring (bicyclic) bond motifs is 1. The van der Waals surface area contributed by atoms with Crippen molar-refractivity contribution in [1.82, 2.24) is 4.90 Å². The molecule has 1 N–H and O–H groups in total. The largest absolute Gasteiger partial charge is 0.495 e. The highest BCUT2D eigenvalue weighted by Gasteiger charge is 2.47. The van der Waals surface area contributed by atoms with Gasteiger partial charge in [-0.25, -0.2) is 0 Å². The van der Waals surface area contributed by atoms with E-state index in [-0.39, 0.29) is 36.6 Å². The Labute approximate surface area is 169 Å². The van der Waals surface area contributed by atoms with Crippen molar-refractivity contribution in [3.8, 4) is 5.75 Å². The molecule has 0 spiro atoms. The lowest BCUT2D eigenvalue weighted by molar-refractivity contribution is -0.154. The second-order valence-corrected chi connectivity index (χ2v) is 7.40. The molecule has 0 bridgehead atoms. The van der Waals surface area contributed by atoms with Gasteiger partial charge in [0.05, 0.1) is 31.1 Å². The Morgan fingerprint density at radius 2 is 1.76 bits per heavy atom. The van der Waals surface area contributed by atoms with E-state index >= 15 is 0 Å². The molecule has 8 nitrogen and oxygen atoms in total. The van der Waals surface area contributed by atoms with Gasteiger partial charge in [-0.05, 0) is 31.9 Å². The van der Waals surface area contributed by atoms with Gasteiger partial charge in [0, 0.05) is 6.54 Å². The van der Waals surface area contributed by atoms with Gasteiger partial charge in [-0.1, -0.05) is 25.0 Å². The number of hydrogen-bond acceptors (Lipinski definition) is 6. The molecule has 1 heterocycles. The summed E-state index contributed by atoms with van der Waals surface area (Å²) in [5, 5.41) is 2.65. The van der Waals surface area contributed by atoms with Gasteiger partial charge in [-0.3, -0.25) is 24.1 Å². The topological polar surface area (TPSA) is 102 Å². The van der Waals surface area contributed by atoms with E-state index in [9.17, 15) is 19.2 Å². The third-order valence-electron chi connectivity index (χ3n) is 5.51. The third kappa shape index (κ3) is 4.58. The Morgan fingerprint density at radius 1 is 1.14 bits per heavy atom. The van der Waals surface area contributed by atoms with Crippen LogP contribution in [-0.2, 0) is 23.9 Å². The molecule has 1 saturated carbocycles. The first-order valence-electron chi connectivity index (χ1n) is 9.91. The van der Waals surface area contributed by atoms with E-state index in [1.165, 1.54) is 18.9 Å². The zero-order valence-electron chi connectivity index (χ0n) is 16.7. The number of esters is 1. The molecule has 3 amide bonds. The van der Waals surface area contributed by atoms with Gasteiger partial charge in [0.2, 0.25) is 11.8 Å². The predicted octanol–water partition coefficient (Wildman–Crippen LogP) is 2.13. The molecule has 0 unspecified atom stereocenters. The molecule has 0 radical (unpaired) electrons. The maximum Gasteiger partial charge on any atom is 0.308 e. The molecule has 29 heavy (non-hydrogen) atoms. The number of methoxy groups -OCH3 is 1. The highest BCUT2D eigenvalue weighted by molar-refractivity contribution is 6.05. The summed E-state index contributed by atoms with van der Waals surface area (Å²) >= 11 is 0. The quantitative estimate of drug-likeness (QED) is 0.554. The first-order chi connectivity index (χ1) is 13.9. The fourth-order valence-electron chi connectivity index (χ4n) is 3.95. The van der Waals surface area contributed by atoms with Crippen LogP contribution in [0.15, 0.2) is 24.3 Å². The van der Waals surface area contributed by atoms with E-state index in [1.54, 1.807) is 24.3 Å². The first-order valence-corrected chi connectivity index (χ1v) is 9.91. The van der Waals surface area contributed by atoms with Crippen LogP contribution >= 0.6 is 0 Å². The monoisotopic (exact) mass is 402 g/mol. The van der Waals surface area contributed by atoms with E-state index in [0.717, 1.165) is 25.7 Å². The first kappa shape index (κ1) is 20.8. The highest BCUT2D eigenvalue weighted by atomic mass is 16.5. The Hall–Kier alpha value is -2.90. The van der Waals surface area contributed by atoms with E-state index in [4.69, 9.17) is 9.47 Å². The minimum atomic E-state index is -1.03. The molecule has 8 heteroatoms. The normalized spacial score (nSPS) is 22.1. The maximum absolute atomic E-state index is 12.4. The number of hydrogen-bond donors (Lipinski definition) is 1. The average molecular weight is 402 g/mol. The van der Waals surface area contributed by atoms with Gasteiger partial charge in [0.15, 0.2) is 6.10 Å². The lowest BCUT2D eigenvalue weighted by atomic mass is 9.81. The van der Waals surface area contributed by atoms with Gasteiger partial charge >= 0.3 is 5.97 Å². The Bertz CT molecular complexity index is 784. The Morgan fingerprint density at radius 3 is 2.38 bits per heavy atom. The van der Waals surface area contributed by atoms with Crippen LogP contribution in [0.2, 0.25) is 0 Å². The van der Waals surface area contributed by atoms with Crippen molar-refractivity contribution in [2.24, 2.45) is 11.8 Å². The van der Waals surface area contributed by atoms with Crippen molar-refractivity contribution >= 4 is 29.4 Å². The standard InChI is InChI=1S/C21H26N2O6/c1-13(19(25)22-16-9-5-6-10-17(16)28-2)29-18(24)11-12-23-20(26)14-7-3-4-8-15(14)21(23)27/h5-6,9-10,13-15H,3-4,7-8,11-12H2,1-2H3,(H,22,25)/t13-,14+,15+/m1/s1. The van der Waals surface area contributed by atoms with E-state index in [1.807, 2.05) is 0 Å². The third-order valence-corrected chi connectivity index (χ3v) is 5.51. The molecule has 1 aliphatic carbocycles. The molecule has 1 aliphatic heterocycles. The fourth-order valence-corrected chi connectivity index (χ4v) is 3.95. The predicted molar refractivity (Wildman–Crippen MR) is 104 cm³/mol. The SMILES string of the molecule is COc1ccccc1NC(=O)[C@@H](C)OC(=O)CCN1C(=O)[C@H]2CCCC[C@@H]2C1=O. The van der Waals surface area contributed by atoms with Gasteiger partial charge < -0.3 is 14.8 Å². The minimum absolute atomic E-state index is 0.00958. The smallest absolute Gasteiger partial charge is 0.308 e. The van der Waals surface area contributed by atoms with Crippen molar-refractivity contribution < 1.29 is 28.7 Å². The molecule has 1 aromatic carbocycles. The van der Waals surface area contributed by atoms with Crippen LogP contribution in [0.1, 0.15) is 39.0 Å². The van der Waals surface area contributed by atoms with Crippen molar-refractivity contribution in [2.75, 3.05) is 19.0 Å². The minimum Gasteiger partial charge on any atom is -0.495 e. The zero-order valence-corrected chi connectivity index (χ0v) is 16.7. The highest BCUT2D eigenvalue weighted by Crippen LogP contribution is 2.38. The number of carbonyl (C=O) groups is 4. The van der Waals surface area contributed by atoms with Gasteiger partial charge in [-0.2, -0.15) is 0 Å². The molecule has 1 saturated heterocycles. The van der Waals surface area contributed by atoms with Crippen LogP contribution in [0.25, 0.3) is 0 Å². The van der Waals surface area contributed by atoms with Crippen molar-refractivity contribution in [2.45, 2.75) is 45.1 Å². The zero-order chi connectivity index (χ0) is 21.0. The summed E-state index contributed by atoms with van der Waals surface area (Å²) in [6.07, 6.45) is 2.21. The summed E-state index contributed by atoms with van der Waals surface area (Å²) in [7, 11) is 1.49. The van der Waals surface area contributed by atoms with Gasteiger partial charge in [0.1, 0.15) is 5.75 Å². The number of carbonyl (C=O) groups excluding carboxylic acids is 4. The number of ether oxygens (including phenoxy) is 2. The molecule has 3 atom stereocenters. The summed E-state index contributed by atoms with van der Waals surface area (Å²) < 4.78 is 10.3. The number of likely N-dealkylation sites (tertiary alicyclic amines) is 1. The van der Waals surface area contributed by atoms with Crippen molar-refractivity contribution in [3.05, 3.63) is 24.3 Å². The van der Waals surface area contributed by atoms with E-state index < -0.39 is 18.0 Å². The van der Waals surface area contributed by atoms with E-state index in [0.29, 0.717) is 11.4 Å².